The van der Waals surface area contributed by atoms with E-state index in [9.17, 15) is 0 Å². The molecule has 0 heteroatoms. The lowest BCUT2D eigenvalue weighted by molar-refractivity contribution is 1.42. The molecule has 4 aromatic rings. The van der Waals surface area contributed by atoms with Gasteiger partial charge in [-0.05, 0) is 55.6 Å². The maximum atomic E-state index is 2.35. The van der Waals surface area contributed by atoms with E-state index in [1.54, 1.807) is 0 Å². The van der Waals surface area contributed by atoms with Gasteiger partial charge in [-0.3, -0.25) is 0 Å². The van der Waals surface area contributed by atoms with Gasteiger partial charge in [-0.1, -0.05) is 54.6 Å². The van der Waals surface area contributed by atoms with Crippen LogP contribution in [0, 0.1) is 0 Å². The number of benzene rings is 4. The fourth-order valence-corrected chi connectivity index (χ4v) is 3.56. The fourth-order valence-electron chi connectivity index (χ4n) is 3.56. The SMILES string of the molecule is C1=c2ccc3cc4ccccc4c4ccc(c2c34)C1. The average Bonchev–Trinajstić information content (AvgIpc) is 2.89. The van der Waals surface area contributed by atoms with Crippen LogP contribution in [-0.2, 0) is 6.42 Å². The Bertz CT molecular complexity index is 1020. The lowest BCUT2D eigenvalue weighted by atomic mass is 9.93. The molecule has 0 unspecified atom stereocenters. The van der Waals surface area contributed by atoms with Gasteiger partial charge in [0.05, 0.1) is 0 Å². The number of fused-ring (bicyclic) bond motifs is 2. The zero-order valence-corrected chi connectivity index (χ0v) is 10.5. The third-order valence-corrected chi connectivity index (χ3v) is 4.42. The van der Waals surface area contributed by atoms with Crippen LogP contribution >= 0.6 is 0 Å². The zero-order chi connectivity index (χ0) is 12.4. The molecule has 1 aliphatic rings. The molecule has 0 aromatic heterocycles. The van der Waals surface area contributed by atoms with Crippen LogP contribution in [0.3, 0.4) is 0 Å². The Morgan fingerprint density at radius 1 is 0.684 bits per heavy atom. The molecule has 0 spiro atoms. The fraction of sp³-hybridized carbons (Fsp3) is 0.0526. The highest BCUT2D eigenvalue weighted by Crippen LogP contribution is 2.34. The third kappa shape index (κ3) is 1.09. The standard InChI is InChI=1S/C19H12/c1-2-4-16-14(3-1)11-15-8-7-12-5-6-13-9-10-17(16)19(15)18(12)13/h1-5,7-11H,6H2. The third-order valence-electron chi connectivity index (χ3n) is 4.42. The second-order valence-electron chi connectivity index (χ2n) is 5.41. The Balaban J connectivity index is 2.23. The molecule has 19 heavy (non-hydrogen) atoms. The second kappa shape index (κ2) is 3.16. The largest absolute Gasteiger partial charge is 0.0722 e. The molecule has 0 fully saturated rings. The lowest BCUT2D eigenvalue weighted by Crippen LogP contribution is -1.98. The van der Waals surface area contributed by atoms with E-state index in [0.717, 1.165) is 6.42 Å². The van der Waals surface area contributed by atoms with Gasteiger partial charge in [-0.25, -0.2) is 0 Å². The smallest absolute Gasteiger partial charge is 0.00236 e. The number of hydrogen-bond donors (Lipinski definition) is 0. The van der Waals surface area contributed by atoms with E-state index in [4.69, 9.17) is 0 Å². The van der Waals surface area contributed by atoms with Crippen LogP contribution in [0.1, 0.15) is 5.56 Å². The van der Waals surface area contributed by atoms with Crippen LogP contribution in [0.4, 0.5) is 0 Å². The normalized spacial score (nSPS) is 13.5. The molecule has 5 rings (SSSR count). The monoisotopic (exact) mass is 240 g/mol. The molecule has 0 saturated carbocycles. The molecule has 0 atom stereocenters. The molecule has 0 amide bonds. The quantitative estimate of drug-likeness (QED) is 0.319. The minimum absolute atomic E-state index is 1.08. The van der Waals surface area contributed by atoms with E-state index in [0.29, 0.717) is 0 Å². The summed E-state index contributed by atoms with van der Waals surface area (Å²) in [6.45, 7) is 0. The first-order valence-corrected chi connectivity index (χ1v) is 6.78. The van der Waals surface area contributed by atoms with E-state index < -0.39 is 0 Å². The highest BCUT2D eigenvalue weighted by molar-refractivity contribution is 6.22. The van der Waals surface area contributed by atoms with Crippen LogP contribution in [0.2, 0.25) is 0 Å². The second-order valence-corrected chi connectivity index (χ2v) is 5.41. The summed E-state index contributed by atoms with van der Waals surface area (Å²) in [4.78, 5) is 0. The van der Waals surface area contributed by atoms with Crippen LogP contribution < -0.4 is 5.22 Å². The van der Waals surface area contributed by atoms with E-state index in [1.807, 2.05) is 0 Å². The van der Waals surface area contributed by atoms with Crippen molar-refractivity contribution in [1.82, 2.24) is 0 Å². The summed E-state index contributed by atoms with van der Waals surface area (Å²) < 4.78 is 0. The van der Waals surface area contributed by atoms with Gasteiger partial charge in [0.1, 0.15) is 0 Å². The summed E-state index contributed by atoms with van der Waals surface area (Å²) in [5.41, 5.74) is 1.48. The van der Waals surface area contributed by atoms with Crippen molar-refractivity contribution in [3.8, 4) is 0 Å². The van der Waals surface area contributed by atoms with Crippen molar-refractivity contribution in [2.24, 2.45) is 0 Å². The Morgan fingerprint density at radius 2 is 1.63 bits per heavy atom. The molecule has 1 aliphatic carbocycles. The Kier molecular flexibility index (Phi) is 1.59. The van der Waals surface area contributed by atoms with Crippen molar-refractivity contribution in [3.63, 3.8) is 0 Å². The van der Waals surface area contributed by atoms with E-state index in [2.05, 4.69) is 60.7 Å². The summed E-state index contributed by atoms with van der Waals surface area (Å²) in [6.07, 6.45) is 3.43. The van der Waals surface area contributed by atoms with Crippen LogP contribution in [0.5, 0.6) is 0 Å². The van der Waals surface area contributed by atoms with Crippen molar-refractivity contribution in [1.29, 1.82) is 0 Å². The predicted octanol–water partition coefficient (Wildman–Crippen LogP) is 4.20. The Hall–Kier alpha value is -2.34. The summed E-state index contributed by atoms with van der Waals surface area (Å²) in [5, 5.41) is 9.78. The maximum Gasteiger partial charge on any atom is -0.00236 e. The van der Waals surface area contributed by atoms with Crippen molar-refractivity contribution in [2.45, 2.75) is 6.42 Å². The molecule has 88 valence electrons. The predicted molar refractivity (Wildman–Crippen MR) is 82.3 cm³/mol. The van der Waals surface area contributed by atoms with Gasteiger partial charge in [0.2, 0.25) is 0 Å². The van der Waals surface area contributed by atoms with Crippen molar-refractivity contribution < 1.29 is 0 Å². The molecule has 0 nitrogen and oxygen atoms in total. The topological polar surface area (TPSA) is 0 Å². The van der Waals surface area contributed by atoms with Crippen LogP contribution in [0.25, 0.3) is 38.4 Å². The van der Waals surface area contributed by atoms with Gasteiger partial charge in [0.25, 0.3) is 0 Å². The van der Waals surface area contributed by atoms with Gasteiger partial charge >= 0.3 is 0 Å². The molecule has 4 aromatic carbocycles. The van der Waals surface area contributed by atoms with Crippen molar-refractivity contribution in [3.05, 3.63) is 65.4 Å². The Morgan fingerprint density at radius 3 is 2.63 bits per heavy atom. The number of hydrogen-bond acceptors (Lipinski definition) is 0. The van der Waals surface area contributed by atoms with Crippen molar-refractivity contribution >= 4 is 38.4 Å². The molecule has 0 heterocycles. The molecule has 0 bridgehead atoms. The highest BCUT2D eigenvalue weighted by Gasteiger charge is 2.13. The molecule has 0 N–H and O–H groups in total. The van der Waals surface area contributed by atoms with Crippen LogP contribution in [0.15, 0.2) is 54.6 Å². The minimum atomic E-state index is 1.08. The lowest BCUT2D eigenvalue weighted by Gasteiger charge is -2.10. The molecule has 0 radical (unpaired) electrons. The van der Waals surface area contributed by atoms with Gasteiger partial charge in [-0.2, -0.15) is 0 Å². The molecule has 0 aliphatic heterocycles. The average molecular weight is 240 g/mol. The van der Waals surface area contributed by atoms with Gasteiger partial charge in [-0.15, -0.1) is 0 Å². The minimum Gasteiger partial charge on any atom is -0.0722 e. The first kappa shape index (κ1) is 9.57. The van der Waals surface area contributed by atoms with Gasteiger partial charge in [0, 0.05) is 0 Å². The first-order chi connectivity index (χ1) is 9.42. The highest BCUT2D eigenvalue weighted by atomic mass is 14.2. The molecular weight excluding hydrogens is 228 g/mol. The summed E-state index contributed by atoms with van der Waals surface area (Å²) >= 11 is 0. The van der Waals surface area contributed by atoms with Crippen LogP contribution in [-0.4, -0.2) is 0 Å². The molecular formula is C19H12. The van der Waals surface area contributed by atoms with Crippen molar-refractivity contribution in [2.75, 3.05) is 0 Å². The zero-order valence-electron chi connectivity index (χ0n) is 10.5. The van der Waals surface area contributed by atoms with E-state index >= 15 is 0 Å². The maximum absolute atomic E-state index is 2.35. The van der Waals surface area contributed by atoms with Gasteiger partial charge in [0.15, 0.2) is 0 Å². The summed E-state index contributed by atoms with van der Waals surface area (Å²) in [7, 11) is 0. The summed E-state index contributed by atoms with van der Waals surface area (Å²) in [5.74, 6) is 0. The van der Waals surface area contributed by atoms with E-state index in [1.165, 1.54) is 43.1 Å². The summed E-state index contributed by atoms with van der Waals surface area (Å²) in [6, 6.07) is 20.1. The molecule has 0 saturated heterocycles. The Labute approximate surface area is 111 Å². The first-order valence-electron chi connectivity index (χ1n) is 6.78. The van der Waals surface area contributed by atoms with Gasteiger partial charge < -0.3 is 0 Å². The van der Waals surface area contributed by atoms with E-state index in [-0.39, 0.29) is 0 Å². The number of rotatable bonds is 0.